The van der Waals surface area contributed by atoms with Crippen LogP contribution >= 0.6 is 8.69 Å². The fraction of sp³-hybridized carbons (Fsp3) is 1.00. The second-order valence-electron chi connectivity index (χ2n) is 2.05. The van der Waals surface area contributed by atoms with Gasteiger partial charge in [-0.05, 0) is 12.8 Å². The fourth-order valence-electron chi connectivity index (χ4n) is 0.769. The van der Waals surface area contributed by atoms with E-state index in [1.807, 2.05) is 0 Å². The Morgan fingerprint density at radius 3 is 2.40 bits per heavy atom. The molecular formula is C6H15O2PTi. The summed E-state index contributed by atoms with van der Waals surface area (Å²) in [7, 11) is -1.01. The molecule has 2 atom stereocenters. The second-order valence-corrected chi connectivity index (χ2v) is 2.52. The standard InChI is InChI=1S/C6H15O2P.Ti/c1-3-5-6(4-2)8-9-7;/h6H,3-5,9H2,1-2H3;. The number of hydrogen-bond donors (Lipinski definition) is 0. The molecule has 0 fully saturated rings. The Morgan fingerprint density at radius 2 is 2.10 bits per heavy atom. The van der Waals surface area contributed by atoms with Crippen LogP contribution in [0.1, 0.15) is 33.1 Å². The third-order valence-corrected chi connectivity index (χ3v) is 1.81. The van der Waals surface area contributed by atoms with Crippen molar-refractivity contribution in [3.05, 3.63) is 0 Å². The van der Waals surface area contributed by atoms with E-state index >= 15 is 0 Å². The van der Waals surface area contributed by atoms with Crippen LogP contribution in [0.15, 0.2) is 0 Å². The Labute approximate surface area is 78.9 Å². The third-order valence-electron chi connectivity index (χ3n) is 1.31. The Bertz CT molecular complexity index is 80.1. The van der Waals surface area contributed by atoms with Crippen molar-refractivity contribution in [2.24, 2.45) is 0 Å². The van der Waals surface area contributed by atoms with Crippen LogP contribution in [0.2, 0.25) is 0 Å². The minimum absolute atomic E-state index is 0. The Balaban J connectivity index is 0. The van der Waals surface area contributed by atoms with Gasteiger partial charge < -0.3 is 4.52 Å². The first-order chi connectivity index (χ1) is 4.35. The van der Waals surface area contributed by atoms with Crippen LogP contribution in [0.5, 0.6) is 0 Å². The Hall–Kier alpha value is 0.904. The van der Waals surface area contributed by atoms with Crippen molar-refractivity contribution < 1.29 is 30.8 Å². The van der Waals surface area contributed by atoms with Gasteiger partial charge in [0.15, 0.2) is 8.69 Å². The van der Waals surface area contributed by atoms with E-state index in [0.717, 1.165) is 19.3 Å². The van der Waals surface area contributed by atoms with E-state index in [0.29, 0.717) is 0 Å². The van der Waals surface area contributed by atoms with Gasteiger partial charge in [-0.25, -0.2) is 0 Å². The van der Waals surface area contributed by atoms with Gasteiger partial charge in [0.1, 0.15) is 0 Å². The van der Waals surface area contributed by atoms with Crippen molar-refractivity contribution in [1.29, 1.82) is 0 Å². The summed E-state index contributed by atoms with van der Waals surface area (Å²) in [6, 6.07) is 0. The maximum atomic E-state index is 10.0. The van der Waals surface area contributed by atoms with Crippen molar-refractivity contribution in [3.63, 3.8) is 0 Å². The largest absolute Gasteiger partial charge is 0.329 e. The minimum atomic E-state index is -1.01. The molecule has 2 nitrogen and oxygen atoms in total. The van der Waals surface area contributed by atoms with Crippen LogP contribution in [-0.4, -0.2) is 6.10 Å². The summed E-state index contributed by atoms with van der Waals surface area (Å²) in [6.07, 6.45) is 3.36. The van der Waals surface area contributed by atoms with E-state index in [1.54, 1.807) is 0 Å². The van der Waals surface area contributed by atoms with Gasteiger partial charge in [0, 0.05) is 21.7 Å². The molecule has 0 aliphatic rings. The molecule has 0 amide bonds. The monoisotopic (exact) mass is 198 g/mol. The smallest absolute Gasteiger partial charge is 0.180 e. The molecule has 0 aliphatic carbocycles. The molecular weight excluding hydrogens is 183 g/mol. The van der Waals surface area contributed by atoms with Gasteiger partial charge in [0.2, 0.25) is 0 Å². The normalized spacial score (nSPS) is 13.4. The molecule has 0 N–H and O–H groups in total. The average Bonchev–Trinajstić information content (AvgIpc) is 1.88. The molecule has 0 aromatic heterocycles. The Kier molecular flexibility index (Phi) is 13.4. The van der Waals surface area contributed by atoms with Crippen molar-refractivity contribution in [2.45, 2.75) is 39.2 Å². The maximum Gasteiger partial charge on any atom is 0.180 e. The fourth-order valence-corrected chi connectivity index (χ4v) is 1.25. The van der Waals surface area contributed by atoms with E-state index in [4.69, 9.17) is 4.52 Å². The molecule has 0 bridgehead atoms. The molecule has 0 saturated heterocycles. The van der Waals surface area contributed by atoms with E-state index in [9.17, 15) is 4.57 Å². The summed E-state index contributed by atoms with van der Waals surface area (Å²) in [5, 5.41) is 0. The minimum Gasteiger partial charge on any atom is -0.329 e. The summed E-state index contributed by atoms with van der Waals surface area (Å²) in [5.74, 6) is 0. The zero-order valence-corrected chi connectivity index (χ0v) is 9.31. The van der Waals surface area contributed by atoms with Crippen LogP contribution in [0.25, 0.3) is 0 Å². The van der Waals surface area contributed by atoms with E-state index in [-0.39, 0.29) is 27.8 Å². The second kappa shape index (κ2) is 9.90. The van der Waals surface area contributed by atoms with Crippen molar-refractivity contribution in [1.82, 2.24) is 0 Å². The van der Waals surface area contributed by atoms with Crippen molar-refractivity contribution in [2.75, 3.05) is 0 Å². The third kappa shape index (κ3) is 7.02. The first-order valence-electron chi connectivity index (χ1n) is 3.44. The molecule has 0 rings (SSSR count). The van der Waals surface area contributed by atoms with Gasteiger partial charge in [-0.1, -0.05) is 20.3 Å². The SMILES string of the molecule is CCCC(CC)O[PH2]=O.[Ti]. The van der Waals surface area contributed by atoms with Crippen LogP contribution in [0.4, 0.5) is 0 Å². The molecule has 0 aliphatic heterocycles. The van der Waals surface area contributed by atoms with Gasteiger partial charge in [-0.3, -0.25) is 4.57 Å². The Morgan fingerprint density at radius 1 is 1.50 bits per heavy atom. The predicted molar refractivity (Wildman–Crippen MR) is 40.5 cm³/mol. The molecule has 0 aromatic rings. The van der Waals surface area contributed by atoms with E-state index < -0.39 is 8.69 Å². The van der Waals surface area contributed by atoms with Crippen LogP contribution in [0.3, 0.4) is 0 Å². The molecule has 0 heterocycles. The number of rotatable bonds is 5. The van der Waals surface area contributed by atoms with Gasteiger partial charge in [0.25, 0.3) is 0 Å². The quantitative estimate of drug-likeness (QED) is 0.500. The van der Waals surface area contributed by atoms with Gasteiger partial charge in [0.05, 0.1) is 6.10 Å². The zero-order chi connectivity index (χ0) is 7.11. The molecule has 0 aromatic carbocycles. The van der Waals surface area contributed by atoms with Crippen LogP contribution < -0.4 is 0 Å². The van der Waals surface area contributed by atoms with Crippen molar-refractivity contribution in [3.8, 4) is 0 Å². The number of hydrogen-bond acceptors (Lipinski definition) is 2. The van der Waals surface area contributed by atoms with E-state index in [2.05, 4.69) is 13.8 Å². The summed E-state index contributed by atoms with van der Waals surface area (Å²) in [5.41, 5.74) is 0. The van der Waals surface area contributed by atoms with Gasteiger partial charge >= 0.3 is 0 Å². The molecule has 4 heteroatoms. The van der Waals surface area contributed by atoms with Gasteiger partial charge in [-0.2, -0.15) is 0 Å². The molecule has 0 radical (unpaired) electrons. The first-order valence-corrected chi connectivity index (χ1v) is 4.38. The van der Waals surface area contributed by atoms with Crippen LogP contribution in [-0.2, 0) is 30.8 Å². The molecule has 10 heavy (non-hydrogen) atoms. The molecule has 2 unspecified atom stereocenters. The first kappa shape index (κ1) is 13.5. The van der Waals surface area contributed by atoms with Crippen LogP contribution in [0, 0.1) is 0 Å². The molecule has 60 valence electrons. The van der Waals surface area contributed by atoms with E-state index in [1.165, 1.54) is 0 Å². The summed E-state index contributed by atoms with van der Waals surface area (Å²) in [6.45, 7) is 4.15. The molecule has 0 spiro atoms. The summed E-state index contributed by atoms with van der Waals surface area (Å²) >= 11 is 0. The predicted octanol–water partition coefficient (Wildman–Crippen LogP) is 2.25. The average molecular weight is 198 g/mol. The van der Waals surface area contributed by atoms with Crippen molar-refractivity contribution >= 4 is 8.69 Å². The van der Waals surface area contributed by atoms with Gasteiger partial charge in [-0.15, -0.1) is 0 Å². The molecule has 0 saturated carbocycles. The summed E-state index contributed by atoms with van der Waals surface area (Å²) in [4.78, 5) is 0. The zero-order valence-electron chi connectivity index (χ0n) is 6.59. The maximum absolute atomic E-state index is 10.0. The summed E-state index contributed by atoms with van der Waals surface area (Å²) < 4.78 is 15.0. The topological polar surface area (TPSA) is 26.3 Å².